The number of aromatic nitrogens is 3. The highest BCUT2D eigenvalue weighted by Crippen LogP contribution is 2.05. The van der Waals surface area contributed by atoms with E-state index >= 15 is 0 Å². The van der Waals surface area contributed by atoms with Crippen LogP contribution in [-0.2, 0) is 0 Å². The molecule has 0 aromatic carbocycles. The van der Waals surface area contributed by atoms with E-state index in [0.29, 0.717) is 0 Å². The van der Waals surface area contributed by atoms with Crippen LogP contribution in [0.1, 0.15) is 5.69 Å². The molecule has 2 aromatic rings. The van der Waals surface area contributed by atoms with E-state index in [-0.39, 0.29) is 12.4 Å². The molecule has 0 amide bonds. The fraction of sp³-hybridized carbons (Fsp3) is 0.111. The normalized spacial score (nSPS) is 9.31. The molecule has 0 radical (unpaired) electrons. The minimum Gasteiger partial charge on any atom is -0.261 e. The van der Waals surface area contributed by atoms with E-state index in [9.17, 15) is 0 Å². The largest absolute Gasteiger partial charge is 0.261 e. The van der Waals surface area contributed by atoms with Crippen molar-refractivity contribution in [1.82, 2.24) is 14.8 Å². The minimum absolute atomic E-state index is 0. The summed E-state index contributed by atoms with van der Waals surface area (Å²) >= 11 is 0. The van der Waals surface area contributed by atoms with Gasteiger partial charge in [-0.3, -0.25) is 4.98 Å². The summed E-state index contributed by atoms with van der Waals surface area (Å²) in [6.07, 6.45) is 5.46. The van der Waals surface area contributed by atoms with E-state index in [2.05, 4.69) is 10.1 Å². The van der Waals surface area contributed by atoms with Gasteiger partial charge in [0.05, 0.1) is 5.69 Å². The first-order chi connectivity index (χ1) is 5.86. The lowest BCUT2D eigenvalue weighted by atomic mass is 10.3. The van der Waals surface area contributed by atoms with Crippen LogP contribution in [0.3, 0.4) is 0 Å². The molecule has 0 N–H and O–H groups in total. The van der Waals surface area contributed by atoms with Crippen LogP contribution in [0.15, 0.2) is 36.8 Å². The van der Waals surface area contributed by atoms with Crippen LogP contribution in [0, 0.1) is 6.92 Å². The molecule has 0 saturated heterocycles. The van der Waals surface area contributed by atoms with Gasteiger partial charge in [0, 0.05) is 24.3 Å². The summed E-state index contributed by atoms with van der Waals surface area (Å²) in [5.74, 6) is 0. The van der Waals surface area contributed by atoms with Crippen molar-refractivity contribution in [3.05, 3.63) is 42.5 Å². The molecule has 0 atom stereocenters. The highest BCUT2D eigenvalue weighted by molar-refractivity contribution is 5.85. The summed E-state index contributed by atoms with van der Waals surface area (Å²) < 4.78 is 1.81. The topological polar surface area (TPSA) is 30.7 Å². The first-order valence-corrected chi connectivity index (χ1v) is 3.79. The molecular formula is C9H10ClN3. The molecule has 0 aliphatic rings. The van der Waals surface area contributed by atoms with Crippen LogP contribution < -0.4 is 0 Å². The maximum absolute atomic E-state index is 4.12. The van der Waals surface area contributed by atoms with Crippen LogP contribution in [0.5, 0.6) is 0 Å². The molecular weight excluding hydrogens is 186 g/mol. The van der Waals surface area contributed by atoms with Gasteiger partial charge in [-0.25, -0.2) is 4.68 Å². The van der Waals surface area contributed by atoms with Crippen LogP contribution in [-0.4, -0.2) is 14.8 Å². The smallest absolute Gasteiger partial charge is 0.0678 e. The van der Waals surface area contributed by atoms with Gasteiger partial charge in [0.2, 0.25) is 0 Å². The highest BCUT2D eigenvalue weighted by Gasteiger charge is 1.94. The molecule has 0 aliphatic heterocycles. The Bertz CT molecular complexity index is 370. The van der Waals surface area contributed by atoms with Crippen LogP contribution >= 0.6 is 12.4 Å². The fourth-order valence-electron chi connectivity index (χ4n) is 1.09. The van der Waals surface area contributed by atoms with Crippen molar-refractivity contribution in [3.8, 4) is 5.69 Å². The molecule has 0 spiro atoms. The van der Waals surface area contributed by atoms with Crippen molar-refractivity contribution in [3.63, 3.8) is 0 Å². The standard InChI is InChI=1S/C9H9N3.ClH/c1-8-7-9(3-5-10-8)12-6-2-4-11-12;/h2-7H,1H3;1H. The molecule has 0 bridgehead atoms. The summed E-state index contributed by atoms with van der Waals surface area (Å²) in [4.78, 5) is 4.11. The number of aryl methyl sites for hydroxylation is 1. The number of hydrogen-bond acceptors (Lipinski definition) is 2. The number of rotatable bonds is 1. The molecule has 13 heavy (non-hydrogen) atoms. The Morgan fingerprint density at radius 2 is 2.15 bits per heavy atom. The second-order valence-electron chi connectivity index (χ2n) is 2.61. The molecule has 68 valence electrons. The second-order valence-corrected chi connectivity index (χ2v) is 2.61. The van der Waals surface area contributed by atoms with E-state index in [1.165, 1.54) is 0 Å². The number of pyridine rings is 1. The van der Waals surface area contributed by atoms with Crippen molar-refractivity contribution in [2.75, 3.05) is 0 Å². The molecule has 0 aliphatic carbocycles. The van der Waals surface area contributed by atoms with Gasteiger partial charge >= 0.3 is 0 Å². The third-order valence-electron chi connectivity index (χ3n) is 1.65. The third-order valence-corrected chi connectivity index (χ3v) is 1.65. The number of hydrogen-bond donors (Lipinski definition) is 0. The van der Waals surface area contributed by atoms with E-state index in [4.69, 9.17) is 0 Å². The zero-order chi connectivity index (χ0) is 8.39. The molecule has 2 heterocycles. The first kappa shape index (κ1) is 9.74. The lowest BCUT2D eigenvalue weighted by molar-refractivity contribution is 0.875. The van der Waals surface area contributed by atoms with Crippen molar-refractivity contribution >= 4 is 12.4 Å². The van der Waals surface area contributed by atoms with Gasteiger partial charge in [-0.15, -0.1) is 12.4 Å². The van der Waals surface area contributed by atoms with Crippen LogP contribution in [0.2, 0.25) is 0 Å². The van der Waals surface area contributed by atoms with Crippen molar-refractivity contribution in [2.45, 2.75) is 6.92 Å². The van der Waals surface area contributed by atoms with Gasteiger partial charge < -0.3 is 0 Å². The maximum Gasteiger partial charge on any atom is 0.0678 e. The minimum atomic E-state index is 0. The summed E-state index contributed by atoms with van der Waals surface area (Å²) in [5, 5.41) is 4.12. The number of nitrogens with zero attached hydrogens (tertiary/aromatic N) is 3. The van der Waals surface area contributed by atoms with Gasteiger partial charge in [-0.1, -0.05) is 0 Å². The van der Waals surface area contributed by atoms with Gasteiger partial charge in [0.1, 0.15) is 0 Å². The average Bonchev–Trinajstić information content (AvgIpc) is 2.56. The zero-order valence-electron chi connectivity index (χ0n) is 7.21. The Labute approximate surface area is 82.8 Å². The Hall–Kier alpha value is -1.35. The predicted octanol–water partition coefficient (Wildman–Crippen LogP) is 2.00. The molecule has 0 saturated carbocycles. The third kappa shape index (κ3) is 2.06. The van der Waals surface area contributed by atoms with E-state index in [1.807, 2.05) is 36.0 Å². The van der Waals surface area contributed by atoms with Gasteiger partial charge in [0.25, 0.3) is 0 Å². The Morgan fingerprint density at radius 1 is 1.31 bits per heavy atom. The summed E-state index contributed by atoms with van der Waals surface area (Å²) in [6.45, 7) is 1.97. The molecule has 3 nitrogen and oxygen atoms in total. The van der Waals surface area contributed by atoms with Crippen molar-refractivity contribution < 1.29 is 0 Å². The first-order valence-electron chi connectivity index (χ1n) is 3.79. The van der Waals surface area contributed by atoms with E-state index in [1.54, 1.807) is 12.4 Å². The Morgan fingerprint density at radius 3 is 2.77 bits per heavy atom. The monoisotopic (exact) mass is 195 g/mol. The van der Waals surface area contributed by atoms with Crippen LogP contribution in [0.25, 0.3) is 5.69 Å². The van der Waals surface area contributed by atoms with Gasteiger partial charge in [-0.05, 0) is 25.1 Å². The molecule has 0 fully saturated rings. The quantitative estimate of drug-likeness (QED) is 0.697. The van der Waals surface area contributed by atoms with E-state index in [0.717, 1.165) is 11.4 Å². The van der Waals surface area contributed by atoms with Crippen molar-refractivity contribution in [2.24, 2.45) is 0 Å². The lowest BCUT2D eigenvalue weighted by Gasteiger charge is -2.00. The van der Waals surface area contributed by atoms with Crippen LogP contribution in [0.4, 0.5) is 0 Å². The highest BCUT2D eigenvalue weighted by atomic mass is 35.5. The van der Waals surface area contributed by atoms with Crippen molar-refractivity contribution in [1.29, 1.82) is 0 Å². The summed E-state index contributed by atoms with van der Waals surface area (Å²) in [5.41, 5.74) is 2.05. The van der Waals surface area contributed by atoms with E-state index < -0.39 is 0 Å². The predicted molar refractivity (Wildman–Crippen MR) is 53.3 cm³/mol. The molecule has 0 unspecified atom stereocenters. The second kappa shape index (κ2) is 4.05. The summed E-state index contributed by atoms with van der Waals surface area (Å²) in [6, 6.07) is 5.82. The average molecular weight is 196 g/mol. The Kier molecular flexibility index (Phi) is 3.03. The van der Waals surface area contributed by atoms with Gasteiger partial charge in [-0.2, -0.15) is 5.10 Å². The molecule has 4 heteroatoms. The Balaban J connectivity index is 0.000000845. The molecule has 2 aromatic heterocycles. The number of halogens is 1. The fourth-order valence-corrected chi connectivity index (χ4v) is 1.09. The lowest BCUT2D eigenvalue weighted by Crippen LogP contribution is -1.94. The van der Waals surface area contributed by atoms with Gasteiger partial charge in [0.15, 0.2) is 0 Å². The summed E-state index contributed by atoms with van der Waals surface area (Å²) in [7, 11) is 0. The maximum atomic E-state index is 4.12. The molecule has 2 rings (SSSR count). The zero-order valence-corrected chi connectivity index (χ0v) is 8.03. The SMILES string of the molecule is Cc1cc(-n2cccn2)ccn1.Cl.